The standard InChI is InChI=1S/C13H12N6O2/c1-19-12-9(6-16-19)11(14-7-15-12)17-18-13(21)8-4-2-3-5-10(8)20/h2-7,20H,1H3,(H,18,21)(H,14,15,17). The Balaban J connectivity index is 1.81. The number of nitrogens with one attached hydrogen (secondary N) is 2. The molecule has 3 rings (SSSR count). The van der Waals surface area contributed by atoms with Crippen LogP contribution < -0.4 is 10.9 Å². The van der Waals surface area contributed by atoms with Crippen LogP contribution in [0.3, 0.4) is 0 Å². The van der Waals surface area contributed by atoms with Crippen molar-refractivity contribution < 1.29 is 9.90 Å². The molecular formula is C13H12N6O2. The lowest BCUT2D eigenvalue weighted by atomic mass is 10.2. The number of phenolic OH excluding ortho intramolecular Hbond substituents is 1. The normalized spacial score (nSPS) is 10.5. The fraction of sp³-hybridized carbons (Fsp3) is 0.0769. The Morgan fingerprint density at radius 2 is 2.10 bits per heavy atom. The minimum Gasteiger partial charge on any atom is -0.507 e. The van der Waals surface area contributed by atoms with Crippen molar-refractivity contribution in [2.75, 3.05) is 5.43 Å². The molecule has 3 aromatic rings. The zero-order valence-electron chi connectivity index (χ0n) is 11.1. The summed E-state index contributed by atoms with van der Waals surface area (Å²) in [6.07, 6.45) is 2.97. The Kier molecular flexibility index (Phi) is 3.11. The molecular weight excluding hydrogens is 272 g/mol. The number of carbonyl (C=O) groups is 1. The minimum atomic E-state index is -0.469. The second kappa shape index (κ2) is 5.08. The molecule has 8 heteroatoms. The summed E-state index contributed by atoms with van der Waals surface area (Å²) in [5.74, 6) is -0.133. The number of hydrogen-bond acceptors (Lipinski definition) is 6. The highest BCUT2D eigenvalue weighted by Gasteiger charge is 2.12. The fourth-order valence-electron chi connectivity index (χ4n) is 1.91. The Morgan fingerprint density at radius 3 is 2.90 bits per heavy atom. The van der Waals surface area contributed by atoms with Gasteiger partial charge in [0.05, 0.1) is 17.1 Å². The zero-order valence-corrected chi connectivity index (χ0v) is 11.1. The molecule has 0 aliphatic rings. The maximum Gasteiger partial charge on any atom is 0.273 e. The number of aromatic nitrogens is 4. The van der Waals surface area contributed by atoms with Gasteiger partial charge in [-0.1, -0.05) is 12.1 Å². The highest BCUT2D eigenvalue weighted by molar-refractivity contribution is 5.98. The number of aromatic hydroxyl groups is 1. The van der Waals surface area contributed by atoms with E-state index < -0.39 is 5.91 Å². The highest BCUT2D eigenvalue weighted by atomic mass is 16.3. The van der Waals surface area contributed by atoms with Gasteiger partial charge in [0.1, 0.15) is 12.1 Å². The van der Waals surface area contributed by atoms with E-state index in [-0.39, 0.29) is 11.3 Å². The number of aryl methyl sites for hydroxylation is 1. The Hall–Kier alpha value is -3.16. The van der Waals surface area contributed by atoms with Gasteiger partial charge in [-0.25, -0.2) is 9.97 Å². The molecule has 1 aromatic carbocycles. The maximum absolute atomic E-state index is 12.0. The Labute approximate surface area is 119 Å². The topological polar surface area (TPSA) is 105 Å². The van der Waals surface area contributed by atoms with Crippen LogP contribution in [0.1, 0.15) is 10.4 Å². The summed E-state index contributed by atoms with van der Waals surface area (Å²) in [6, 6.07) is 6.27. The number of benzene rings is 1. The van der Waals surface area contributed by atoms with Gasteiger partial charge in [-0.05, 0) is 12.1 Å². The van der Waals surface area contributed by atoms with Crippen molar-refractivity contribution in [1.82, 2.24) is 25.2 Å². The van der Waals surface area contributed by atoms with Gasteiger partial charge in [-0.15, -0.1) is 0 Å². The number of fused-ring (bicyclic) bond motifs is 1. The molecule has 106 valence electrons. The van der Waals surface area contributed by atoms with Gasteiger partial charge in [0.25, 0.3) is 5.91 Å². The van der Waals surface area contributed by atoms with Crippen molar-refractivity contribution in [2.45, 2.75) is 0 Å². The van der Waals surface area contributed by atoms with Crippen molar-refractivity contribution in [1.29, 1.82) is 0 Å². The van der Waals surface area contributed by atoms with Gasteiger partial charge in [0.15, 0.2) is 11.5 Å². The summed E-state index contributed by atoms with van der Waals surface area (Å²) < 4.78 is 1.60. The molecule has 0 fully saturated rings. The molecule has 2 aromatic heterocycles. The van der Waals surface area contributed by atoms with Crippen LogP contribution in [-0.2, 0) is 7.05 Å². The summed E-state index contributed by atoms with van der Waals surface area (Å²) in [7, 11) is 1.76. The predicted octanol–water partition coefficient (Wildman–Crippen LogP) is 0.826. The molecule has 8 nitrogen and oxygen atoms in total. The van der Waals surface area contributed by atoms with Crippen molar-refractivity contribution in [3.05, 3.63) is 42.4 Å². The molecule has 0 saturated heterocycles. The van der Waals surface area contributed by atoms with Crippen molar-refractivity contribution in [3.8, 4) is 5.75 Å². The van der Waals surface area contributed by atoms with Gasteiger partial charge in [-0.2, -0.15) is 5.10 Å². The molecule has 0 bridgehead atoms. The number of carbonyl (C=O) groups excluding carboxylic acids is 1. The Morgan fingerprint density at radius 1 is 1.29 bits per heavy atom. The third-order valence-electron chi connectivity index (χ3n) is 2.97. The quantitative estimate of drug-likeness (QED) is 0.615. The van der Waals surface area contributed by atoms with E-state index in [1.807, 2.05) is 0 Å². The molecule has 3 N–H and O–H groups in total. The molecule has 0 unspecified atom stereocenters. The monoisotopic (exact) mass is 284 g/mol. The van der Waals surface area contributed by atoms with Gasteiger partial charge in [-0.3, -0.25) is 20.3 Å². The lowest BCUT2D eigenvalue weighted by Gasteiger charge is -2.09. The second-order valence-electron chi connectivity index (χ2n) is 4.32. The van der Waals surface area contributed by atoms with Crippen LogP contribution in [0, 0.1) is 0 Å². The number of nitrogens with zero attached hydrogens (tertiary/aromatic N) is 4. The van der Waals surface area contributed by atoms with E-state index in [0.717, 1.165) is 0 Å². The maximum atomic E-state index is 12.0. The summed E-state index contributed by atoms with van der Waals surface area (Å²) in [5.41, 5.74) is 6.00. The first-order chi connectivity index (χ1) is 10.2. The molecule has 0 atom stereocenters. The lowest BCUT2D eigenvalue weighted by molar-refractivity contribution is 0.0960. The molecule has 2 heterocycles. The van der Waals surface area contributed by atoms with Crippen molar-refractivity contribution in [3.63, 3.8) is 0 Å². The van der Waals surface area contributed by atoms with E-state index in [2.05, 4.69) is 25.9 Å². The molecule has 0 saturated carbocycles. The summed E-state index contributed by atoms with van der Waals surface area (Å²) >= 11 is 0. The van der Waals surface area contributed by atoms with Crippen LogP contribution in [0.4, 0.5) is 5.82 Å². The van der Waals surface area contributed by atoms with Crippen LogP contribution in [0.2, 0.25) is 0 Å². The second-order valence-corrected chi connectivity index (χ2v) is 4.32. The highest BCUT2D eigenvalue weighted by Crippen LogP contribution is 2.18. The summed E-state index contributed by atoms with van der Waals surface area (Å²) in [4.78, 5) is 20.1. The molecule has 21 heavy (non-hydrogen) atoms. The van der Waals surface area contributed by atoms with E-state index >= 15 is 0 Å². The van der Waals surface area contributed by atoms with E-state index in [0.29, 0.717) is 16.9 Å². The van der Waals surface area contributed by atoms with Gasteiger partial charge >= 0.3 is 0 Å². The average molecular weight is 284 g/mol. The largest absolute Gasteiger partial charge is 0.507 e. The number of amides is 1. The number of hydrogen-bond donors (Lipinski definition) is 3. The number of para-hydroxylation sites is 1. The van der Waals surface area contributed by atoms with Crippen LogP contribution in [0.15, 0.2) is 36.8 Å². The van der Waals surface area contributed by atoms with Crippen LogP contribution >= 0.6 is 0 Å². The third-order valence-corrected chi connectivity index (χ3v) is 2.97. The lowest BCUT2D eigenvalue weighted by Crippen LogP contribution is -2.30. The average Bonchev–Trinajstić information content (AvgIpc) is 2.87. The number of phenols is 1. The van der Waals surface area contributed by atoms with Crippen molar-refractivity contribution in [2.24, 2.45) is 7.05 Å². The van der Waals surface area contributed by atoms with Gasteiger partial charge < -0.3 is 5.11 Å². The number of hydrazine groups is 1. The summed E-state index contributed by atoms with van der Waals surface area (Å²) in [6.45, 7) is 0. The molecule has 0 aliphatic heterocycles. The van der Waals surface area contributed by atoms with E-state index in [9.17, 15) is 9.90 Å². The van der Waals surface area contributed by atoms with Gasteiger partial charge in [0, 0.05) is 7.05 Å². The SMILES string of the molecule is Cn1ncc2c(NNC(=O)c3ccccc3O)ncnc21. The first-order valence-corrected chi connectivity index (χ1v) is 6.14. The van der Waals surface area contributed by atoms with E-state index in [4.69, 9.17) is 0 Å². The molecule has 0 aliphatic carbocycles. The number of anilines is 1. The number of rotatable bonds is 3. The third kappa shape index (κ3) is 2.34. The minimum absolute atomic E-state index is 0.0917. The van der Waals surface area contributed by atoms with E-state index in [1.54, 1.807) is 30.1 Å². The fourth-order valence-corrected chi connectivity index (χ4v) is 1.91. The zero-order chi connectivity index (χ0) is 14.8. The van der Waals surface area contributed by atoms with Crippen LogP contribution in [-0.4, -0.2) is 30.8 Å². The Bertz CT molecular complexity index is 813. The van der Waals surface area contributed by atoms with Gasteiger partial charge in [0.2, 0.25) is 0 Å². The molecule has 1 amide bonds. The summed E-state index contributed by atoms with van der Waals surface area (Å²) in [5, 5.41) is 14.4. The predicted molar refractivity (Wildman–Crippen MR) is 75.5 cm³/mol. The van der Waals surface area contributed by atoms with Crippen LogP contribution in [0.25, 0.3) is 11.0 Å². The van der Waals surface area contributed by atoms with E-state index in [1.165, 1.54) is 18.5 Å². The molecule has 0 radical (unpaired) electrons. The first-order valence-electron chi connectivity index (χ1n) is 6.14. The van der Waals surface area contributed by atoms with Crippen molar-refractivity contribution >= 4 is 22.8 Å². The first kappa shape index (κ1) is 12.9. The molecule has 0 spiro atoms. The van der Waals surface area contributed by atoms with Crippen LogP contribution in [0.5, 0.6) is 5.75 Å². The smallest absolute Gasteiger partial charge is 0.273 e.